The topological polar surface area (TPSA) is 88.0 Å². The average Bonchev–Trinajstić information content (AvgIpc) is 3.11. The molecule has 0 bridgehead atoms. The van der Waals surface area contributed by atoms with E-state index >= 15 is 0 Å². The van der Waals surface area contributed by atoms with Gasteiger partial charge in [-0.25, -0.2) is 12.8 Å². The number of H-pyrrole nitrogens is 1. The minimum absolute atomic E-state index is 0.0193. The highest BCUT2D eigenvalue weighted by Crippen LogP contribution is 2.29. The second kappa shape index (κ2) is 5.54. The molecule has 8 heteroatoms. The molecule has 0 saturated carbocycles. The molecule has 2 aromatic heterocycles. The molecule has 23 heavy (non-hydrogen) atoms. The Morgan fingerprint density at radius 1 is 1.22 bits per heavy atom. The maximum atomic E-state index is 13.1. The van der Waals surface area contributed by atoms with Gasteiger partial charge in [-0.3, -0.25) is 9.82 Å². The number of furan rings is 1. The van der Waals surface area contributed by atoms with E-state index in [9.17, 15) is 12.8 Å². The van der Waals surface area contributed by atoms with Gasteiger partial charge in [0.1, 0.15) is 22.2 Å². The van der Waals surface area contributed by atoms with Gasteiger partial charge in [0.15, 0.2) is 5.76 Å². The van der Waals surface area contributed by atoms with Crippen LogP contribution in [0, 0.1) is 19.7 Å². The maximum absolute atomic E-state index is 13.1. The average molecular weight is 335 g/mol. The summed E-state index contributed by atoms with van der Waals surface area (Å²) in [6.45, 7) is 3.19. The highest BCUT2D eigenvalue weighted by atomic mass is 32.2. The van der Waals surface area contributed by atoms with Crippen molar-refractivity contribution in [3.8, 4) is 11.5 Å². The number of sulfonamides is 1. The molecular formula is C15H14FN3O3S. The Balaban J connectivity index is 1.97. The van der Waals surface area contributed by atoms with Crippen LogP contribution in [0.5, 0.6) is 0 Å². The van der Waals surface area contributed by atoms with Gasteiger partial charge in [0.25, 0.3) is 10.0 Å². The molecule has 0 fully saturated rings. The zero-order valence-electron chi connectivity index (χ0n) is 12.4. The van der Waals surface area contributed by atoms with Crippen molar-refractivity contribution < 1.29 is 17.2 Å². The molecule has 2 heterocycles. The zero-order valence-corrected chi connectivity index (χ0v) is 13.2. The molecule has 0 aliphatic rings. The number of aryl methyl sites for hydroxylation is 2. The monoisotopic (exact) mass is 335 g/mol. The zero-order chi connectivity index (χ0) is 16.6. The van der Waals surface area contributed by atoms with Gasteiger partial charge in [0.05, 0.1) is 5.69 Å². The second-order valence-electron chi connectivity index (χ2n) is 5.07. The van der Waals surface area contributed by atoms with E-state index < -0.39 is 15.8 Å². The van der Waals surface area contributed by atoms with E-state index in [1.165, 1.54) is 24.3 Å². The van der Waals surface area contributed by atoms with Crippen LogP contribution in [0.3, 0.4) is 0 Å². The molecule has 1 aromatic carbocycles. The normalized spacial score (nSPS) is 11.6. The Morgan fingerprint density at radius 2 is 2.00 bits per heavy atom. The molecule has 2 N–H and O–H groups in total. The van der Waals surface area contributed by atoms with Gasteiger partial charge < -0.3 is 4.42 Å². The number of aromatic nitrogens is 2. The fourth-order valence-corrected chi connectivity index (χ4v) is 3.51. The summed E-state index contributed by atoms with van der Waals surface area (Å²) in [6, 6.07) is 6.93. The first-order valence-electron chi connectivity index (χ1n) is 6.76. The molecule has 0 saturated heterocycles. The van der Waals surface area contributed by atoms with Crippen molar-refractivity contribution in [3.05, 3.63) is 53.7 Å². The Hall–Kier alpha value is -2.61. The van der Waals surface area contributed by atoms with Gasteiger partial charge >= 0.3 is 0 Å². The standard InChI is InChI=1S/C15H14FN3O3S/c1-9-7-11(16)3-4-12(9)19-23(20,21)15-8-14(22-10(15)2)13-5-6-17-18-13/h3-8,19H,1-2H3,(H,17,18). The number of hydrogen-bond donors (Lipinski definition) is 2. The summed E-state index contributed by atoms with van der Waals surface area (Å²) >= 11 is 0. The third-order valence-corrected chi connectivity index (χ3v) is 4.83. The van der Waals surface area contributed by atoms with Gasteiger partial charge in [-0.2, -0.15) is 5.10 Å². The Morgan fingerprint density at radius 3 is 2.65 bits per heavy atom. The van der Waals surface area contributed by atoms with Crippen LogP contribution in [0.2, 0.25) is 0 Å². The minimum atomic E-state index is -3.85. The fraction of sp³-hybridized carbons (Fsp3) is 0.133. The van der Waals surface area contributed by atoms with E-state index in [0.717, 1.165) is 0 Å². The Bertz CT molecular complexity index is 947. The van der Waals surface area contributed by atoms with Crippen LogP contribution in [0.4, 0.5) is 10.1 Å². The van der Waals surface area contributed by atoms with Gasteiger partial charge in [0.2, 0.25) is 0 Å². The molecule has 0 spiro atoms. The van der Waals surface area contributed by atoms with Crippen LogP contribution in [-0.2, 0) is 10.0 Å². The van der Waals surface area contributed by atoms with E-state index in [4.69, 9.17) is 4.42 Å². The summed E-state index contributed by atoms with van der Waals surface area (Å²) in [7, 11) is -3.85. The number of nitrogens with zero attached hydrogens (tertiary/aromatic N) is 1. The van der Waals surface area contributed by atoms with Gasteiger partial charge in [0, 0.05) is 12.3 Å². The summed E-state index contributed by atoms with van der Waals surface area (Å²) in [5.41, 5.74) is 1.38. The summed E-state index contributed by atoms with van der Waals surface area (Å²) in [5, 5.41) is 6.51. The fourth-order valence-electron chi connectivity index (χ4n) is 2.20. The third kappa shape index (κ3) is 2.98. The number of hydrogen-bond acceptors (Lipinski definition) is 4. The third-order valence-electron chi connectivity index (χ3n) is 3.36. The highest BCUT2D eigenvalue weighted by Gasteiger charge is 2.23. The van der Waals surface area contributed by atoms with Crippen LogP contribution >= 0.6 is 0 Å². The SMILES string of the molecule is Cc1cc(F)ccc1NS(=O)(=O)c1cc(-c2ccn[nH]2)oc1C. The van der Waals surface area contributed by atoms with Crippen molar-refractivity contribution in [2.45, 2.75) is 18.7 Å². The molecule has 0 aliphatic heterocycles. The Kier molecular flexibility index (Phi) is 3.69. The van der Waals surface area contributed by atoms with Gasteiger partial charge in [-0.15, -0.1) is 0 Å². The quantitative estimate of drug-likeness (QED) is 0.766. The van der Waals surface area contributed by atoms with Crippen molar-refractivity contribution in [2.75, 3.05) is 4.72 Å². The molecule has 0 atom stereocenters. The largest absolute Gasteiger partial charge is 0.458 e. The van der Waals surface area contributed by atoms with Crippen LogP contribution in [0.1, 0.15) is 11.3 Å². The number of anilines is 1. The van der Waals surface area contributed by atoms with E-state index in [2.05, 4.69) is 14.9 Å². The number of halogens is 1. The first-order chi connectivity index (χ1) is 10.9. The lowest BCUT2D eigenvalue weighted by Gasteiger charge is -2.09. The maximum Gasteiger partial charge on any atom is 0.265 e. The first kappa shape index (κ1) is 15.3. The van der Waals surface area contributed by atoms with Gasteiger partial charge in [-0.1, -0.05) is 0 Å². The van der Waals surface area contributed by atoms with E-state index in [1.54, 1.807) is 26.1 Å². The number of rotatable bonds is 4. The summed E-state index contributed by atoms with van der Waals surface area (Å²) < 4.78 is 46.2. The number of benzene rings is 1. The molecule has 0 amide bonds. The molecule has 0 aliphatic carbocycles. The summed E-state index contributed by atoms with van der Waals surface area (Å²) in [6.07, 6.45) is 1.54. The molecular weight excluding hydrogens is 321 g/mol. The predicted octanol–water partition coefficient (Wildman–Crippen LogP) is 3.23. The smallest absolute Gasteiger partial charge is 0.265 e. The molecule has 6 nitrogen and oxygen atoms in total. The van der Waals surface area contributed by atoms with E-state index in [-0.39, 0.29) is 10.7 Å². The molecule has 3 aromatic rings. The lowest BCUT2D eigenvalue weighted by Crippen LogP contribution is -2.14. The van der Waals surface area contributed by atoms with E-state index in [1.807, 2.05) is 0 Å². The van der Waals surface area contributed by atoms with Crippen LogP contribution < -0.4 is 4.72 Å². The van der Waals surface area contributed by atoms with Crippen molar-refractivity contribution in [1.82, 2.24) is 10.2 Å². The highest BCUT2D eigenvalue weighted by molar-refractivity contribution is 7.92. The number of nitrogens with one attached hydrogen (secondary N) is 2. The summed E-state index contributed by atoms with van der Waals surface area (Å²) in [4.78, 5) is 0.0193. The van der Waals surface area contributed by atoms with Crippen LogP contribution in [0.25, 0.3) is 11.5 Å². The van der Waals surface area contributed by atoms with Crippen molar-refractivity contribution in [2.24, 2.45) is 0 Å². The lowest BCUT2D eigenvalue weighted by molar-refractivity contribution is 0.533. The molecule has 0 unspecified atom stereocenters. The van der Waals surface area contributed by atoms with Gasteiger partial charge in [-0.05, 0) is 43.7 Å². The van der Waals surface area contributed by atoms with Crippen molar-refractivity contribution >= 4 is 15.7 Å². The van der Waals surface area contributed by atoms with Crippen LogP contribution in [-0.4, -0.2) is 18.6 Å². The van der Waals surface area contributed by atoms with Crippen LogP contribution in [0.15, 0.2) is 45.8 Å². The van der Waals surface area contributed by atoms with E-state index in [0.29, 0.717) is 22.7 Å². The minimum Gasteiger partial charge on any atom is -0.458 e. The van der Waals surface area contributed by atoms with Crippen molar-refractivity contribution in [1.29, 1.82) is 0 Å². The molecule has 3 rings (SSSR count). The summed E-state index contributed by atoms with van der Waals surface area (Å²) in [5.74, 6) is 0.199. The Labute approximate surface area is 132 Å². The first-order valence-corrected chi connectivity index (χ1v) is 8.24. The molecule has 120 valence electrons. The lowest BCUT2D eigenvalue weighted by atomic mass is 10.2. The second-order valence-corrected chi connectivity index (χ2v) is 6.72. The predicted molar refractivity (Wildman–Crippen MR) is 83.0 cm³/mol. The van der Waals surface area contributed by atoms with Crippen molar-refractivity contribution in [3.63, 3.8) is 0 Å². The number of aromatic amines is 1. The molecule has 0 radical (unpaired) electrons.